The van der Waals surface area contributed by atoms with E-state index in [0.717, 1.165) is 11.4 Å². The Kier molecular flexibility index (Phi) is 3.59. The monoisotopic (exact) mass is 264 g/mol. The summed E-state index contributed by atoms with van der Waals surface area (Å²) in [4.78, 5) is 25.8. The third-order valence-electron chi connectivity index (χ3n) is 3.58. The van der Waals surface area contributed by atoms with Crippen molar-refractivity contribution in [2.45, 2.75) is 45.8 Å². The van der Waals surface area contributed by atoms with Gasteiger partial charge in [-0.2, -0.15) is 5.10 Å². The predicted molar refractivity (Wildman–Crippen MR) is 70.2 cm³/mol. The van der Waals surface area contributed by atoms with Gasteiger partial charge in [-0.05, 0) is 26.3 Å². The Bertz CT molecular complexity index is 509. The van der Waals surface area contributed by atoms with Crippen LogP contribution in [0, 0.1) is 6.92 Å². The van der Waals surface area contributed by atoms with E-state index in [2.05, 4.69) is 10.4 Å². The van der Waals surface area contributed by atoms with E-state index in [1.165, 1.54) is 0 Å². The van der Waals surface area contributed by atoms with Crippen molar-refractivity contribution in [2.24, 2.45) is 7.05 Å². The molecule has 2 unspecified atom stereocenters. The highest BCUT2D eigenvalue weighted by Crippen LogP contribution is 2.16. The van der Waals surface area contributed by atoms with Crippen LogP contribution in [0.3, 0.4) is 0 Å². The number of aromatic nitrogens is 2. The van der Waals surface area contributed by atoms with Crippen LogP contribution < -0.4 is 5.32 Å². The number of nitrogens with zero attached hydrogens (tertiary/aromatic N) is 3. The lowest BCUT2D eigenvalue weighted by atomic mass is 10.1. The second-order valence-corrected chi connectivity index (χ2v) is 5.01. The maximum atomic E-state index is 12.3. The lowest BCUT2D eigenvalue weighted by Gasteiger charge is -2.37. The van der Waals surface area contributed by atoms with E-state index in [9.17, 15) is 9.59 Å². The Hall–Kier alpha value is -1.85. The van der Waals surface area contributed by atoms with Crippen molar-refractivity contribution in [1.29, 1.82) is 0 Å². The SMILES string of the molecule is CCC1NC(=O)C(C)N(Cc2cc(C)nn2C)C1=O. The molecule has 1 saturated heterocycles. The number of rotatable bonds is 3. The van der Waals surface area contributed by atoms with E-state index >= 15 is 0 Å². The van der Waals surface area contributed by atoms with Crippen molar-refractivity contribution in [3.8, 4) is 0 Å². The minimum Gasteiger partial charge on any atom is -0.343 e. The highest BCUT2D eigenvalue weighted by molar-refractivity contribution is 5.96. The van der Waals surface area contributed by atoms with Crippen LogP contribution in [0.25, 0.3) is 0 Å². The first-order chi connectivity index (χ1) is 8.93. The average molecular weight is 264 g/mol. The topological polar surface area (TPSA) is 67.2 Å². The van der Waals surface area contributed by atoms with Gasteiger partial charge in [0.2, 0.25) is 11.8 Å². The van der Waals surface area contributed by atoms with Crippen molar-refractivity contribution in [2.75, 3.05) is 0 Å². The molecule has 6 heteroatoms. The highest BCUT2D eigenvalue weighted by Gasteiger charge is 2.37. The van der Waals surface area contributed by atoms with Crippen molar-refractivity contribution < 1.29 is 9.59 Å². The largest absolute Gasteiger partial charge is 0.343 e. The van der Waals surface area contributed by atoms with Crippen molar-refractivity contribution in [1.82, 2.24) is 20.0 Å². The zero-order valence-electron chi connectivity index (χ0n) is 11.8. The first-order valence-electron chi connectivity index (χ1n) is 6.54. The zero-order valence-corrected chi connectivity index (χ0v) is 11.8. The van der Waals surface area contributed by atoms with Crippen LogP contribution in [0.5, 0.6) is 0 Å². The van der Waals surface area contributed by atoms with E-state index < -0.39 is 12.1 Å². The maximum absolute atomic E-state index is 12.3. The lowest BCUT2D eigenvalue weighted by molar-refractivity contribution is -0.149. The molecule has 104 valence electrons. The van der Waals surface area contributed by atoms with Gasteiger partial charge >= 0.3 is 0 Å². The summed E-state index contributed by atoms with van der Waals surface area (Å²) in [7, 11) is 1.85. The predicted octanol–water partition coefficient (Wildman–Crippen LogP) is 0.354. The Balaban J connectivity index is 2.23. The first kappa shape index (κ1) is 13.6. The molecule has 1 aromatic rings. The van der Waals surface area contributed by atoms with Crippen LogP contribution in [-0.4, -0.2) is 38.6 Å². The van der Waals surface area contributed by atoms with Crippen LogP contribution in [-0.2, 0) is 23.2 Å². The molecule has 0 aromatic carbocycles. The first-order valence-corrected chi connectivity index (χ1v) is 6.54. The summed E-state index contributed by atoms with van der Waals surface area (Å²) in [6, 6.07) is 1.09. The number of aryl methyl sites for hydroxylation is 2. The molecule has 1 N–H and O–H groups in total. The third kappa shape index (κ3) is 2.47. The van der Waals surface area contributed by atoms with Gasteiger partial charge in [0.25, 0.3) is 0 Å². The molecule has 1 aliphatic heterocycles. The number of carbonyl (C=O) groups is 2. The molecule has 1 aliphatic rings. The molecular weight excluding hydrogens is 244 g/mol. The normalized spacial score (nSPS) is 23.7. The number of piperazine rings is 1. The molecule has 6 nitrogen and oxygen atoms in total. The van der Waals surface area contributed by atoms with Crippen LogP contribution in [0.2, 0.25) is 0 Å². The summed E-state index contributed by atoms with van der Waals surface area (Å²) < 4.78 is 1.75. The fourth-order valence-electron chi connectivity index (χ4n) is 2.36. The molecule has 1 aromatic heterocycles. The summed E-state index contributed by atoms with van der Waals surface area (Å²) in [6.07, 6.45) is 0.609. The van der Waals surface area contributed by atoms with Gasteiger partial charge in [-0.15, -0.1) is 0 Å². The van der Waals surface area contributed by atoms with Crippen molar-refractivity contribution in [3.05, 3.63) is 17.5 Å². The molecule has 0 aliphatic carbocycles. The fraction of sp³-hybridized carbons (Fsp3) is 0.615. The number of hydrogen-bond acceptors (Lipinski definition) is 3. The second kappa shape index (κ2) is 5.03. The minimum atomic E-state index is -0.439. The van der Waals surface area contributed by atoms with Crippen molar-refractivity contribution in [3.63, 3.8) is 0 Å². The Morgan fingerprint density at radius 2 is 2.11 bits per heavy atom. The minimum absolute atomic E-state index is 0.0200. The Morgan fingerprint density at radius 3 is 2.63 bits per heavy atom. The standard InChI is InChI=1S/C13H20N4O2/c1-5-11-13(19)17(9(3)12(18)14-11)7-10-6-8(2)15-16(10)4/h6,9,11H,5,7H2,1-4H3,(H,14,18). The molecular formula is C13H20N4O2. The Morgan fingerprint density at radius 1 is 1.42 bits per heavy atom. The van der Waals surface area contributed by atoms with Crippen LogP contribution >= 0.6 is 0 Å². The number of amides is 2. The molecule has 1 fully saturated rings. The number of nitrogens with one attached hydrogen (secondary N) is 1. The van der Waals surface area contributed by atoms with Crippen LogP contribution in [0.15, 0.2) is 6.07 Å². The van der Waals surface area contributed by atoms with Gasteiger partial charge in [0.15, 0.2) is 0 Å². The summed E-state index contributed by atoms with van der Waals surface area (Å²) in [6.45, 7) is 5.97. The van der Waals surface area contributed by atoms with Gasteiger partial charge in [0, 0.05) is 7.05 Å². The lowest BCUT2D eigenvalue weighted by Crippen LogP contribution is -2.61. The fourth-order valence-corrected chi connectivity index (χ4v) is 2.36. The smallest absolute Gasteiger partial charge is 0.246 e. The number of carbonyl (C=O) groups excluding carboxylic acids is 2. The summed E-state index contributed by atoms with van der Waals surface area (Å²) in [5.41, 5.74) is 1.84. The average Bonchev–Trinajstić information content (AvgIpc) is 2.68. The van der Waals surface area contributed by atoms with Gasteiger partial charge in [-0.3, -0.25) is 14.3 Å². The molecule has 2 amide bonds. The van der Waals surface area contributed by atoms with Crippen LogP contribution in [0.4, 0.5) is 0 Å². The highest BCUT2D eigenvalue weighted by atomic mass is 16.2. The maximum Gasteiger partial charge on any atom is 0.246 e. The molecule has 2 rings (SSSR count). The summed E-state index contributed by atoms with van der Waals surface area (Å²) in [5, 5.41) is 7.01. The Labute approximate surface area is 112 Å². The summed E-state index contributed by atoms with van der Waals surface area (Å²) in [5.74, 6) is -0.112. The van der Waals surface area contributed by atoms with E-state index in [0.29, 0.717) is 13.0 Å². The molecule has 2 heterocycles. The molecule has 0 spiro atoms. The molecule has 0 bridgehead atoms. The molecule has 0 saturated carbocycles. The van der Waals surface area contributed by atoms with E-state index in [1.54, 1.807) is 16.5 Å². The van der Waals surface area contributed by atoms with Gasteiger partial charge in [-0.25, -0.2) is 0 Å². The summed E-state index contributed by atoms with van der Waals surface area (Å²) >= 11 is 0. The van der Waals surface area contributed by atoms with Gasteiger partial charge in [-0.1, -0.05) is 6.92 Å². The number of hydrogen-bond donors (Lipinski definition) is 1. The second-order valence-electron chi connectivity index (χ2n) is 5.01. The zero-order chi connectivity index (χ0) is 14.2. The quantitative estimate of drug-likeness (QED) is 0.857. The van der Waals surface area contributed by atoms with E-state index in [1.807, 2.05) is 27.0 Å². The molecule has 19 heavy (non-hydrogen) atoms. The van der Waals surface area contributed by atoms with Crippen LogP contribution in [0.1, 0.15) is 31.7 Å². The molecule has 2 atom stereocenters. The van der Waals surface area contributed by atoms with E-state index in [-0.39, 0.29) is 11.8 Å². The van der Waals surface area contributed by atoms with Gasteiger partial charge in [0.05, 0.1) is 17.9 Å². The van der Waals surface area contributed by atoms with Gasteiger partial charge in [0.1, 0.15) is 12.1 Å². The molecule has 0 radical (unpaired) electrons. The third-order valence-corrected chi connectivity index (χ3v) is 3.58. The van der Waals surface area contributed by atoms with Crippen molar-refractivity contribution >= 4 is 11.8 Å². The van der Waals surface area contributed by atoms with Gasteiger partial charge < -0.3 is 10.2 Å². The van der Waals surface area contributed by atoms with E-state index in [4.69, 9.17) is 0 Å².